The van der Waals surface area contributed by atoms with Crippen LogP contribution in [0, 0.1) is 6.28 Å². The van der Waals surface area contributed by atoms with Gasteiger partial charge in [0.1, 0.15) is 0 Å². The maximum atomic E-state index is 4.83. The maximum absolute atomic E-state index is 4.83. The Hall–Kier alpha value is 1.96. The summed E-state index contributed by atoms with van der Waals surface area (Å²) >= 11 is 34.6. The summed E-state index contributed by atoms with van der Waals surface area (Å²) in [6.45, 7) is 30.0. The normalized spacial score (nSPS) is 11.0. The fraction of sp³-hybridized carbons (Fsp3) is 0.842. The number of quaternary nitrogens is 2. The van der Waals surface area contributed by atoms with E-state index in [4.69, 9.17) is 75.0 Å². The second kappa shape index (κ2) is 37.5. The van der Waals surface area contributed by atoms with Crippen molar-refractivity contribution in [3.63, 3.8) is 0 Å². The van der Waals surface area contributed by atoms with Crippen molar-refractivity contribution in [1.82, 2.24) is 0 Å². The van der Waals surface area contributed by atoms with Gasteiger partial charge in [-0.1, -0.05) is 107 Å². The number of rotatable bonds is 24. The van der Waals surface area contributed by atoms with Crippen molar-refractivity contribution in [3.8, 4) is 0 Å². The second-order valence-corrected chi connectivity index (χ2v) is 22.5. The van der Waals surface area contributed by atoms with Gasteiger partial charge in [0.05, 0.1) is 52.4 Å². The van der Waals surface area contributed by atoms with E-state index >= 15 is 0 Å². The molecule has 0 N–H and O–H groups in total. The van der Waals surface area contributed by atoms with E-state index in [-0.39, 0.29) is 19.5 Å². The van der Waals surface area contributed by atoms with E-state index in [0.717, 1.165) is 23.1 Å². The molecule has 0 aliphatic heterocycles. The molecule has 0 saturated heterocycles. The van der Waals surface area contributed by atoms with Crippen molar-refractivity contribution in [2.75, 3.05) is 52.4 Å². The van der Waals surface area contributed by atoms with E-state index in [1.807, 2.05) is 0 Å². The molecule has 0 spiro atoms. The third-order valence-electron chi connectivity index (χ3n) is 8.93. The summed E-state index contributed by atoms with van der Waals surface area (Å²) in [4.78, 5) is 0. The third-order valence-corrected chi connectivity index (χ3v) is 16.0. The minimum atomic E-state index is 0. The molecule has 2 rings (SSSR count). The molecule has 0 aromatic carbocycles. The summed E-state index contributed by atoms with van der Waals surface area (Å²) in [5, 5.41) is 0. The van der Waals surface area contributed by atoms with Crippen LogP contribution < -0.4 is 0 Å². The van der Waals surface area contributed by atoms with Crippen LogP contribution >= 0.6 is 69.8 Å². The largest absolute Gasteiger partial charge is 2.00 e. The van der Waals surface area contributed by atoms with Crippen molar-refractivity contribution < 1.29 is 28.4 Å². The summed E-state index contributed by atoms with van der Waals surface area (Å²) in [5.41, 5.74) is 0. The third kappa shape index (κ3) is 29.8. The van der Waals surface area contributed by atoms with Crippen molar-refractivity contribution in [1.29, 1.82) is 0 Å². The molecular weight excluding hydrogens is 870 g/mol. The smallest absolute Gasteiger partial charge is 0.429 e. The minimum absolute atomic E-state index is 0. The topological polar surface area (TPSA) is 0 Å². The molecule has 296 valence electrons. The zero-order chi connectivity index (χ0) is 38.3. The fourth-order valence-corrected chi connectivity index (χ4v) is 12.3. The van der Waals surface area contributed by atoms with Crippen molar-refractivity contribution in [2.24, 2.45) is 0 Å². The van der Waals surface area contributed by atoms with Crippen molar-refractivity contribution in [2.45, 2.75) is 175 Å². The molecule has 0 radical (unpaired) electrons. The average molecular weight is 943 g/mol. The molecule has 2 aromatic rings. The zero-order valence-corrected chi connectivity index (χ0v) is 44.8. The first kappa shape index (κ1) is 57.3. The first-order valence-corrected chi connectivity index (χ1v) is 25.3. The van der Waals surface area contributed by atoms with Gasteiger partial charge in [-0.05, 0) is 57.6 Å². The fourth-order valence-electron chi connectivity index (χ4n) is 5.80. The zero-order valence-electron chi connectivity index (χ0n) is 33.7. The molecule has 51 heavy (non-hydrogen) atoms. The second-order valence-electron chi connectivity index (χ2n) is 13.4. The number of unbranched alkanes of at least 4 members (excludes halogenated alkanes) is 8. The molecule has 2 nitrogen and oxygen atoms in total. The van der Waals surface area contributed by atoms with E-state index in [1.54, 1.807) is 0 Å². The number of hydrogen-bond acceptors (Lipinski definition) is 10. The maximum Gasteiger partial charge on any atom is 2.00 e. The van der Waals surface area contributed by atoms with Crippen LogP contribution in [0.25, 0.3) is 0 Å². The van der Waals surface area contributed by atoms with E-state index < -0.39 is 0 Å². The van der Waals surface area contributed by atoms with Crippen LogP contribution in [0.4, 0.5) is 0 Å². The van der Waals surface area contributed by atoms with Crippen LogP contribution in [0.2, 0.25) is 0 Å². The molecule has 0 amide bonds. The Morgan fingerprint density at radius 2 is 0.490 bits per heavy atom. The minimum Gasteiger partial charge on any atom is -0.429 e. The van der Waals surface area contributed by atoms with Crippen LogP contribution in [0.15, 0.2) is 16.8 Å². The average Bonchev–Trinajstić information content (AvgIpc) is 3.57. The van der Waals surface area contributed by atoms with Gasteiger partial charge in [0.25, 0.3) is 0 Å². The van der Waals surface area contributed by atoms with Crippen LogP contribution in [0.5, 0.6) is 0 Å². The SMILES string of the molecule is CCCC[N+](CCCC)(CCCC)CCCC.CCCC[N+](CCCC)(CCCC)CCCC.S=c1sc([S-])c([S-])s1.S=c1sc([S-])c([S-])s1.[Zn+2]. The Kier molecular flexibility index (Phi) is 42.2. The van der Waals surface area contributed by atoms with Gasteiger partial charge in [-0.3, -0.25) is 0 Å². The summed E-state index contributed by atoms with van der Waals surface area (Å²) in [5.74, 6) is 0. The Labute approximate surface area is 378 Å². The van der Waals surface area contributed by atoms with Gasteiger partial charge in [0.15, 0.2) is 0 Å². The van der Waals surface area contributed by atoms with Gasteiger partial charge in [0.2, 0.25) is 0 Å². The summed E-state index contributed by atoms with van der Waals surface area (Å²) < 4.78 is 7.54. The standard InChI is InChI=1S/2C16H36N.2C3H2S5.Zn/c2*1-5-9-13-17(14-10-6-2,15-11-7-3)16-12-8-4;2*4-1-2(5)8-3(6)7-1;/h2*5-16H2,1-4H3;2*4-5H;/q2*+1;;;+2/p-4. The molecule has 13 heteroatoms. The molecule has 0 atom stereocenters. The first-order chi connectivity index (χ1) is 23.9. The molecule has 0 unspecified atom stereocenters. The van der Waals surface area contributed by atoms with E-state index in [0.29, 0.717) is 0 Å². The molecule has 2 heterocycles. The predicted octanol–water partition coefficient (Wildman–Crippen LogP) is 14.7. The van der Waals surface area contributed by atoms with E-state index in [9.17, 15) is 0 Å². The molecule has 2 aromatic heterocycles. The Balaban J connectivity index is -0.000000630. The van der Waals surface area contributed by atoms with Crippen molar-refractivity contribution >= 4 is 120 Å². The monoisotopic (exact) mass is 940 g/mol. The Bertz CT molecular complexity index is 936. The van der Waals surface area contributed by atoms with Crippen LogP contribution in [0.3, 0.4) is 0 Å². The molecule has 0 fully saturated rings. The number of hydrogen-bond donors (Lipinski definition) is 0. The quantitative estimate of drug-likeness (QED) is 0.0442. The van der Waals surface area contributed by atoms with E-state index in [2.05, 4.69) is 55.4 Å². The van der Waals surface area contributed by atoms with Crippen LogP contribution in [-0.2, 0) is 70.0 Å². The summed E-state index contributed by atoms with van der Waals surface area (Å²) in [7, 11) is 0. The molecule has 0 bridgehead atoms. The van der Waals surface area contributed by atoms with Gasteiger partial charge < -0.3 is 105 Å². The van der Waals surface area contributed by atoms with Gasteiger partial charge >= 0.3 is 19.5 Å². The van der Waals surface area contributed by atoms with E-state index in [1.165, 1.54) is 209 Å². The van der Waals surface area contributed by atoms with Gasteiger partial charge in [-0.25, -0.2) is 0 Å². The molecule has 0 saturated carbocycles. The van der Waals surface area contributed by atoms with Gasteiger partial charge in [-0.2, -0.15) is 0 Å². The summed E-state index contributed by atoms with van der Waals surface area (Å²) in [6.07, 6.45) is 22.1. The Morgan fingerprint density at radius 1 is 0.353 bits per heavy atom. The summed E-state index contributed by atoms with van der Waals surface area (Å²) in [6, 6.07) is 0. The molecular formula is C38H72N2S10Zn. The molecule has 0 aliphatic carbocycles. The number of nitrogens with zero attached hydrogens (tertiary/aromatic N) is 2. The van der Waals surface area contributed by atoms with Gasteiger partial charge in [0, 0.05) is 0 Å². The Morgan fingerprint density at radius 3 is 0.569 bits per heavy atom. The predicted molar refractivity (Wildman–Crippen MR) is 247 cm³/mol. The first-order valence-electron chi connectivity index (χ1n) is 19.5. The van der Waals surface area contributed by atoms with Gasteiger partial charge in [-0.15, -0.1) is 41.3 Å². The molecule has 0 aliphatic rings. The van der Waals surface area contributed by atoms with Crippen LogP contribution in [0.1, 0.15) is 158 Å². The van der Waals surface area contributed by atoms with Crippen LogP contribution in [-0.4, -0.2) is 61.3 Å². The van der Waals surface area contributed by atoms with Crippen molar-refractivity contribution in [3.05, 3.63) is 6.28 Å².